The van der Waals surface area contributed by atoms with E-state index in [0.717, 1.165) is 19.4 Å². The lowest BCUT2D eigenvalue weighted by Crippen LogP contribution is -2.26. The molecule has 0 amide bonds. The third-order valence-electron chi connectivity index (χ3n) is 6.52. The molecule has 3 aromatic carbocycles. The molecule has 0 spiro atoms. The molecule has 12 heteroatoms. The lowest BCUT2D eigenvalue weighted by Gasteiger charge is -2.16. The van der Waals surface area contributed by atoms with E-state index in [4.69, 9.17) is 15.2 Å². The first-order chi connectivity index (χ1) is 19.5. The minimum absolute atomic E-state index is 0.137. The lowest BCUT2D eigenvalue weighted by atomic mass is 10.1. The van der Waals surface area contributed by atoms with E-state index in [9.17, 15) is 16.8 Å². The molecule has 0 radical (unpaired) electrons. The fourth-order valence-electron chi connectivity index (χ4n) is 4.18. The monoisotopic (exact) mass is 598 g/mol. The zero-order valence-electron chi connectivity index (χ0n) is 23.3. The fourth-order valence-corrected chi connectivity index (χ4v) is 6.11. The summed E-state index contributed by atoms with van der Waals surface area (Å²) in [7, 11) is -3.18. The lowest BCUT2D eigenvalue weighted by molar-refractivity contribution is 0.272. The van der Waals surface area contributed by atoms with Crippen LogP contribution < -0.4 is 15.2 Å². The number of rotatable bonds is 13. The summed E-state index contributed by atoms with van der Waals surface area (Å²) in [5.74, 6) is 1.76. The standard InChI is InChI=1S/C29H34N4O6S2/c1-33(16-18-40(3,34)35)15-7-8-17-39-27-20-25-24(19-26(27)38-2)28(30)32-29(31-25)21-11-13-23(14-12-21)41(36,37)22-9-5-4-6-10-22/h4-6,9-14,19-20H,7-8,15-18H2,1-3H3,(H2,30,31,32). The molecule has 2 N–H and O–H groups in total. The quantitative estimate of drug-likeness (QED) is 0.226. The minimum atomic E-state index is -3.64. The molecule has 218 valence electrons. The van der Waals surface area contributed by atoms with E-state index in [2.05, 4.69) is 9.97 Å². The molecule has 0 atom stereocenters. The van der Waals surface area contributed by atoms with Crippen molar-refractivity contribution in [3.8, 4) is 22.9 Å². The highest BCUT2D eigenvalue weighted by molar-refractivity contribution is 7.91. The first-order valence-electron chi connectivity index (χ1n) is 13.0. The number of ether oxygens (including phenoxy) is 2. The number of nitrogens with two attached hydrogens (primary N) is 1. The molecule has 41 heavy (non-hydrogen) atoms. The molecule has 4 aromatic rings. The van der Waals surface area contributed by atoms with E-state index in [1.165, 1.54) is 18.4 Å². The summed E-state index contributed by atoms with van der Waals surface area (Å²) in [5, 5.41) is 0.605. The fraction of sp³-hybridized carbons (Fsp3) is 0.310. The van der Waals surface area contributed by atoms with Gasteiger partial charge in [0, 0.05) is 29.8 Å². The molecule has 0 bridgehead atoms. The number of methoxy groups -OCH3 is 1. The number of unbranched alkanes of at least 4 members (excludes halogenated alkanes) is 1. The van der Waals surface area contributed by atoms with Crippen LogP contribution in [0.5, 0.6) is 11.5 Å². The SMILES string of the molecule is COc1cc2c(N)nc(-c3ccc(S(=O)(=O)c4ccccc4)cc3)nc2cc1OCCCCN(C)CCS(C)(=O)=O. The van der Waals surface area contributed by atoms with Crippen molar-refractivity contribution in [1.29, 1.82) is 0 Å². The van der Waals surface area contributed by atoms with Gasteiger partial charge < -0.3 is 20.1 Å². The first kappa shape index (κ1) is 30.2. The van der Waals surface area contributed by atoms with Crippen LogP contribution in [0.15, 0.2) is 76.5 Å². The maximum atomic E-state index is 12.9. The summed E-state index contributed by atoms with van der Waals surface area (Å²) in [5.41, 5.74) is 7.45. The van der Waals surface area contributed by atoms with E-state index in [0.29, 0.717) is 46.9 Å². The van der Waals surface area contributed by atoms with Crippen LogP contribution in [0.3, 0.4) is 0 Å². The summed E-state index contributed by atoms with van der Waals surface area (Å²) in [6, 6.07) is 18.1. The van der Waals surface area contributed by atoms with Gasteiger partial charge in [0.2, 0.25) is 9.84 Å². The molecule has 0 aliphatic rings. The summed E-state index contributed by atoms with van der Waals surface area (Å²) in [6.07, 6.45) is 2.84. The van der Waals surface area contributed by atoms with Crippen LogP contribution in [0.2, 0.25) is 0 Å². The van der Waals surface area contributed by atoms with Crippen molar-refractivity contribution < 1.29 is 26.3 Å². The van der Waals surface area contributed by atoms with E-state index in [-0.39, 0.29) is 21.4 Å². The predicted molar refractivity (Wildman–Crippen MR) is 160 cm³/mol. The number of nitrogens with zero attached hydrogens (tertiary/aromatic N) is 3. The number of anilines is 1. The molecule has 10 nitrogen and oxygen atoms in total. The van der Waals surface area contributed by atoms with E-state index >= 15 is 0 Å². The average molecular weight is 599 g/mol. The number of fused-ring (bicyclic) bond motifs is 1. The van der Waals surface area contributed by atoms with Gasteiger partial charge in [-0.1, -0.05) is 18.2 Å². The minimum Gasteiger partial charge on any atom is -0.493 e. The Bertz CT molecular complexity index is 1710. The van der Waals surface area contributed by atoms with E-state index in [1.54, 1.807) is 61.7 Å². The number of nitrogen functional groups attached to an aromatic ring is 1. The highest BCUT2D eigenvalue weighted by atomic mass is 32.2. The third kappa shape index (κ3) is 7.72. The van der Waals surface area contributed by atoms with E-state index in [1.807, 2.05) is 11.9 Å². The first-order valence-corrected chi connectivity index (χ1v) is 16.6. The topological polar surface area (TPSA) is 142 Å². The number of benzene rings is 3. The number of hydrogen-bond donors (Lipinski definition) is 1. The molecule has 1 heterocycles. The van der Waals surface area contributed by atoms with Gasteiger partial charge in [-0.3, -0.25) is 0 Å². The van der Waals surface area contributed by atoms with Crippen LogP contribution in [0.4, 0.5) is 5.82 Å². The van der Waals surface area contributed by atoms with Crippen LogP contribution >= 0.6 is 0 Å². The van der Waals surface area contributed by atoms with Crippen molar-refractivity contribution in [1.82, 2.24) is 14.9 Å². The van der Waals surface area contributed by atoms with Gasteiger partial charge in [0.1, 0.15) is 15.7 Å². The van der Waals surface area contributed by atoms with Crippen molar-refractivity contribution in [2.45, 2.75) is 22.6 Å². The second-order valence-corrected chi connectivity index (χ2v) is 14.0. The molecular weight excluding hydrogens is 564 g/mol. The Labute approximate surface area is 241 Å². The van der Waals surface area contributed by atoms with Gasteiger partial charge in [-0.25, -0.2) is 26.8 Å². The zero-order chi connectivity index (χ0) is 29.6. The highest BCUT2D eigenvalue weighted by Crippen LogP contribution is 2.35. The zero-order valence-corrected chi connectivity index (χ0v) is 24.9. The predicted octanol–water partition coefficient (Wildman–Crippen LogP) is 3.86. The summed E-state index contributed by atoms with van der Waals surface area (Å²) in [4.78, 5) is 11.5. The Morgan fingerprint density at radius 2 is 1.54 bits per heavy atom. The maximum Gasteiger partial charge on any atom is 0.206 e. The van der Waals surface area contributed by atoms with Crippen LogP contribution in [0.1, 0.15) is 12.8 Å². The molecule has 0 saturated carbocycles. The molecule has 0 aliphatic heterocycles. The normalized spacial score (nSPS) is 12.1. The second kappa shape index (κ2) is 12.8. The van der Waals surface area contributed by atoms with Gasteiger partial charge in [0.05, 0.1) is 34.8 Å². The molecule has 0 unspecified atom stereocenters. The molecule has 0 aliphatic carbocycles. The molecular formula is C29H34N4O6S2. The Morgan fingerprint density at radius 3 is 2.20 bits per heavy atom. The van der Waals surface area contributed by atoms with Crippen molar-refractivity contribution in [3.63, 3.8) is 0 Å². The second-order valence-electron chi connectivity index (χ2n) is 9.78. The number of sulfone groups is 2. The Kier molecular flexibility index (Phi) is 9.46. The summed E-state index contributed by atoms with van der Waals surface area (Å²) in [6.45, 7) is 1.69. The highest BCUT2D eigenvalue weighted by Gasteiger charge is 2.18. The Morgan fingerprint density at radius 1 is 0.854 bits per heavy atom. The van der Waals surface area contributed by atoms with Gasteiger partial charge in [0.15, 0.2) is 17.3 Å². The molecule has 1 aromatic heterocycles. The number of aromatic nitrogens is 2. The van der Waals surface area contributed by atoms with Gasteiger partial charge >= 0.3 is 0 Å². The van der Waals surface area contributed by atoms with Crippen molar-refractivity contribution in [2.24, 2.45) is 0 Å². The molecule has 0 saturated heterocycles. The molecule has 4 rings (SSSR count). The maximum absolute atomic E-state index is 12.9. The van der Waals surface area contributed by atoms with Crippen LogP contribution in [-0.4, -0.2) is 77.6 Å². The van der Waals surface area contributed by atoms with Crippen LogP contribution in [-0.2, 0) is 19.7 Å². The largest absolute Gasteiger partial charge is 0.493 e. The third-order valence-corrected chi connectivity index (χ3v) is 9.23. The van der Waals surface area contributed by atoms with Crippen molar-refractivity contribution in [2.75, 3.05) is 51.6 Å². The Hall–Kier alpha value is -3.74. The van der Waals surface area contributed by atoms with E-state index < -0.39 is 19.7 Å². The molecule has 0 fully saturated rings. The van der Waals surface area contributed by atoms with Gasteiger partial charge in [-0.05, 0) is 68.9 Å². The Balaban J connectivity index is 1.48. The van der Waals surface area contributed by atoms with Gasteiger partial charge in [0.25, 0.3) is 0 Å². The summed E-state index contributed by atoms with van der Waals surface area (Å²) < 4.78 is 60.1. The number of hydrogen-bond acceptors (Lipinski definition) is 10. The summed E-state index contributed by atoms with van der Waals surface area (Å²) >= 11 is 0. The van der Waals surface area contributed by atoms with Gasteiger partial charge in [-0.2, -0.15) is 0 Å². The smallest absolute Gasteiger partial charge is 0.206 e. The van der Waals surface area contributed by atoms with Crippen molar-refractivity contribution in [3.05, 3.63) is 66.7 Å². The van der Waals surface area contributed by atoms with Crippen molar-refractivity contribution >= 4 is 36.4 Å². The average Bonchev–Trinajstić information content (AvgIpc) is 2.95. The van der Waals surface area contributed by atoms with Crippen LogP contribution in [0.25, 0.3) is 22.3 Å². The van der Waals surface area contributed by atoms with Crippen LogP contribution in [0, 0.1) is 0 Å². The van der Waals surface area contributed by atoms with Gasteiger partial charge in [-0.15, -0.1) is 0 Å².